The number of furan rings is 1. The lowest BCUT2D eigenvalue weighted by atomic mass is 10.1. The van der Waals surface area contributed by atoms with E-state index in [4.69, 9.17) is 13.7 Å². The van der Waals surface area contributed by atoms with Gasteiger partial charge in [-0.1, -0.05) is 29.4 Å². The van der Waals surface area contributed by atoms with Crippen LogP contribution >= 0.6 is 0 Å². The number of aromatic nitrogens is 1. The van der Waals surface area contributed by atoms with E-state index >= 15 is 0 Å². The molecule has 0 bridgehead atoms. The fourth-order valence-electron chi connectivity index (χ4n) is 3.22. The van der Waals surface area contributed by atoms with Crippen molar-refractivity contribution in [2.75, 3.05) is 5.32 Å². The standard InChI is InChI=1S/C25H23N3O5/c1-16-21(17(2)33-28-16)15-32-22-7-4-3-6-20(22)24(29)26-14-18-9-11-19(12-10-18)27-25(30)23-8-5-13-31-23/h3-13H,14-15H2,1-2H3,(H,26,29)(H,27,30). The van der Waals surface area contributed by atoms with Crippen molar-refractivity contribution in [1.29, 1.82) is 0 Å². The highest BCUT2D eigenvalue weighted by Crippen LogP contribution is 2.22. The second kappa shape index (κ2) is 9.86. The van der Waals surface area contributed by atoms with E-state index in [-0.39, 0.29) is 24.2 Å². The largest absolute Gasteiger partial charge is 0.488 e. The van der Waals surface area contributed by atoms with Crippen LogP contribution in [0.5, 0.6) is 5.75 Å². The summed E-state index contributed by atoms with van der Waals surface area (Å²) in [6.07, 6.45) is 1.45. The monoisotopic (exact) mass is 445 g/mol. The normalized spacial score (nSPS) is 10.6. The molecule has 2 aromatic heterocycles. The summed E-state index contributed by atoms with van der Waals surface area (Å²) >= 11 is 0. The summed E-state index contributed by atoms with van der Waals surface area (Å²) in [5.41, 5.74) is 3.58. The predicted octanol–water partition coefficient (Wildman–Crippen LogP) is 4.65. The lowest BCUT2D eigenvalue weighted by Crippen LogP contribution is -2.23. The molecule has 2 amide bonds. The van der Waals surface area contributed by atoms with Crippen molar-refractivity contribution in [3.8, 4) is 5.75 Å². The first kappa shape index (κ1) is 21.9. The van der Waals surface area contributed by atoms with Crippen molar-refractivity contribution < 1.29 is 23.3 Å². The maximum atomic E-state index is 12.8. The Morgan fingerprint density at radius 3 is 2.45 bits per heavy atom. The number of rotatable bonds is 8. The summed E-state index contributed by atoms with van der Waals surface area (Å²) in [6.45, 7) is 4.26. The number of amides is 2. The van der Waals surface area contributed by atoms with E-state index in [1.807, 2.05) is 32.0 Å². The first-order valence-electron chi connectivity index (χ1n) is 10.4. The van der Waals surface area contributed by atoms with Crippen LogP contribution in [-0.4, -0.2) is 17.0 Å². The van der Waals surface area contributed by atoms with Crippen LogP contribution in [0.3, 0.4) is 0 Å². The summed E-state index contributed by atoms with van der Waals surface area (Å²) in [5.74, 6) is 0.833. The molecule has 0 aliphatic heterocycles. The van der Waals surface area contributed by atoms with Crippen LogP contribution in [0, 0.1) is 13.8 Å². The molecule has 0 unspecified atom stereocenters. The number of hydrogen-bond donors (Lipinski definition) is 2. The fourth-order valence-corrected chi connectivity index (χ4v) is 3.22. The van der Waals surface area contributed by atoms with Crippen LogP contribution in [0.2, 0.25) is 0 Å². The molecule has 8 heteroatoms. The molecule has 0 fully saturated rings. The molecule has 2 N–H and O–H groups in total. The minimum absolute atomic E-state index is 0.238. The lowest BCUT2D eigenvalue weighted by molar-refractivity contribution is 0.0945. The Morgan fingerprint density at radius 1 is 0.970 bits per heavy atom. The van der Waals surface area contributed by atoms with E-state index in [1.54, 1.807) is 42.5 Å². The van der Waals surface area contributed by atoms with Gasteiger partial charge in [0.1, 0.15) is 18.1 Å². The molecule has 2 heterocycles. The molecule has 2 aromatic carbocycles. The van der Waals surface area contributed by atoms with Crippen LogP contribution in [0.4, 0.5) is 5.69 Å². The number of carbonyl (C=O) groups excluding carboxylic acids is 2. The first-order valence-corrected chi connectivity index (χ1v) is 10.4. The second-order valence-corrected chi connectivity index (χ2v) is 7.40. The van der Waals surface area contributed by atoms with E-state index in [9.17, 15) is 9.59 Å². The third-order valence-corrected chi connectivity index (χ3v) is 5.09. The number of benzene rings is 2. The molecule has 4 aromatic rings. The highest BCUT2D eigenvalue weighted by Gasteiger charge is 2.15. The Balaban J connectivity index is 1.34. The lowest BCUT2D eigenvalue weighted by Gasteiger charge is -2.12. The predicted molar refractivity (Wildman–Crippen MR) is 121 cm³/mol. The van der Waals surface area contributed by atoms with Gasteiger partial charge in [0, 0.05) is 12.2 Å². The molecule has 8 nitrogen and oxygen atoms in total. The SMILES string of the molecule is Cc1noc(C)c1COc1ccccc1C(=O)NCc1ccc(NC(=O)c2ccco2)cc1. The first-order chi connectivity index (χ1) is 16.0. The highest BCUT2D eigenvalue weighted by atomic mass is 16.5. The summed E-state index contributed by atoms with van der Waals surface area (Å²) < 4.78 is 16.1. The average Bonchev–Trinajstić information content (AvgIpc) is 3.48. The Bertz CT molecular complexity index is 1220. The van der Waals surface area contributed by atoms with Gasteiger partial charge in [0.25, 0.3) is 11.8 Å². The number of nitrogens with one attached hydrogen (secondary N) is 2. The van der Waals surface area contributed by atoms with E-state index in [2.05, 4.69) is 15.8 Å². The smallest absolute Gasteiger partial charge is 0.291 e. The molecular formula is C25H23N3O5. The van der Waals surface area contributed by atoms with Crippen molar-refractivity contribution in [1.82, 2.24) is 10.5 Å². The minimum Gasteiger partial charge on any atom is -0.488 e. The Kier molecular flexibility index (Phi) is 6.54. The van der Waals surface area contributed by atoms with Crippen LogP contribution in [-0.2, 0) is 13.2 Å². The Morgan fingerprint density at radius 2 is 1.76 bits per heavy atom. The van der Waals surface area contributed by atoms with Crippen LogP contribution < -0.4 is 15.4 Å². The molecule has 0 atom stereocenters. The number of hydrogen-bond acceptors (Lipinski definition) is 6. The van der Waals surface area contributed by atoms with Gasteiger partial charge in [-0.3, -0.25) is 9.59 Å². The number of para-hydroxylation sites is 1. The molecule has 0 saturated heterocycles. The van der Waals surface area contributed by atoms with Gasteiger partial charge in [0.05, 0.1) is 23.1 Å². The van der Waals surface area contributed by atoms with Gasteiger partial charge in [-0.2, -0.15) is 0 Å². The van der Waals surface area contributed by atoms with Gasteiger partial charge < -0.3 is 24.3 Å². The molecule has 0 radical (unpaired) electrons. The topological polar surface area (TPSA) is 107 Å². The van der Waals surface area contributed by atoms with E-state index in [1.165, 1.54) is 6.26 Å². The second-order valence-electron chi connectivity index (χ2n) is 7.40. The molecule has 0 aliphatic carbocycles. The third kappa shape index (κ3) is 5.30. The molecule has 33 heavy (non-hydrogen) atoms. The number of nitrogens with zero attached hydrogens (tertiary/aromatic N) is 1. The van der Waals surface area contributed by atoms with Crippen molar-refractivity contribution >= 4 is 17.5 Å². The quantitative estimate of drug-likeness (QED) is 0.409. The van der Waals surface area contributed by atoms with Gasteiger partial charge in [-0.15, -0.1) is 0 Å². The summed E-state index contributed by atoms with van der Waals surface area (Å²) in [5, 5.41) is 9.58. The molecule has 0 saturated carbocycles. The molecule has 0 aliphatic rings. The number of carbonyl (C=O) groups is 2. The summed E-state index contributed by atoms with van der Waals surface area (Å²) in [4.78, 5) is 24.8. The van der Waals surface area contributed by atoms with Gasteiger partial charge in [-0.05, 0) is 55.8 Å². The summed E-state index contributed by atoms with van der Waals surface area (Å²) in [6, 6.07) is 17.5. The van der Waals surface area contributed by atoms with Gasteiger partial charge in [0.15, 0.2) is 5.76 Å². The van der Waals surface area contributed by atoms with Crippen molar-refractivity contribution in [3.63, 3.8) is 0 Å². The zero-order valence-electron chi connectivity index (χ0n) is 18.3. The van der Waals surface area contributed by atoms with Crippen LogP contribution in [0.25, 0.3) is 0 Å². The zero-order chi connectivity index (χ0) is 23.2. The minimum atomic E-state index is -0.325. The fraction of sp³-hybridized carbons (Fsp3) is 0.160. The zero-order valence-corrected chi connectivity index (χ0v) is 18.3. The van der Waals surface area contributed by atoms with Crippen LogP contribution in [0.1, 0.15) is 43.5 Å². The number of anilines is 1. The van der Waals surface area contributed by atoms with E-state index in [0.717, 1.165) is 16.8 Å². The van der Waals surface area contributed by atoms with Crippen molar-refractivity contribution in [2.24, 2.45) is 0 Å². The van der Waals surface area contributed by atoms with Crippen LogP contribution in [0.15, 0.2) is 75.9 Å². The van der Waals surface area contributed by atoms with Gasteiger partial charge in [0.2, 0.25) is 0 Å². The Hall–Kier alpha value is -4.33. The Labute approximate surface area is 190 Å². The van der Waals surface area contributed by atoms with E-state index in [0.29, 0.717) is 29.3 Å². The summed E-state index contributed by atoms with van der Waals surface area (Å²) in [7, 11) is 0. The van der Waals surface area contributed by atoms with E-state index < -0.39 is 0 Å². The number of ether oxygens (including phenoxy) is 1. The van der Waals surface area contributed by atoms with Gasteiger partial charge in [-0.25, -0.2) is 0 Å². The maximum absolute atomic E-state index is 12.8. The van der Waals surface area contributed by atoms with Crippen molar-refractivity contribution in [3.05, 3.63) is 101 Å². The molecular weight excluding hydrogens is 422 g/mol. The molecule has 4 rings (SSSR count). The molecule has 0 spiro atoms. The number of aryl methyl sites for hydroxylation is 2. The molecule has 168 valence electrons. The third-order valence-electron chi connectivity index (χ3n) is 5.09. The maximum Gasteiger partial charge on any atom is 0.291 e. The van der Waals surface area contributed by atoms with Gasteiger partial charge >= 0.3 is 0 Å². The average molecular weight is 445 g/mol. The van der Waals surface area contributed by atoms with Crippen molar-refractivity contribution in [2.45, 2.75) is 27.0 Å². The highest BCUT2D eigenvalue weighted by molar-refractivity contribution is 6.02.